The Balaban J connectivity index is 1.99. The van der Waals surface area contributed by atoms with E-state index in [4.69, 9.17) is 5.11 Å². The highest BCUT2D eigenvalue weighted by Gasteiger charge is 2.28. The fourth-order valence-corrected chi connectivity index (χ4v) is 2.81. The van der Waals surface area contributed by atoms with Gasteiger partial charge in [0.1, 0.15) is 5.82 Å². The van der Waals surface area contributed by atoms with Crippen molar-refractivity contribution in [1.82, 2.24) is 4.90 Å². The molecule has 1 aromatic carbocycles. The highest BCUT2D eigenvalue weighted by molar-refractivity contribution is 5.98. The zero-order chi connectivity index (χ0) is 15.2. The molecule has 3 nitrogen and oxygen atoms in total. The number of aliphatic hydroxyl groups excluding tert-OH is 1. The molecule has 0 saturated heterocycles. The van der Waals surface area contributed by atoms with Crippen molar-refractivity contribution < 1.29 is 14.3 Å². The third kappa shape index (κ3) is 4.11. The quantitative estimate of drug-likeness (QED) is 0.749. The van der Waals surface area contributed by atoms with Gasteiger partial charge in [0.2, 0.25) is 0 Å². The topological polar surface area (TPSA) is 40.5 Å². The van der Waals surface area contributed by atoms with Gasteiger partial charge in [-0.3, -0.25) is 9.69 Å². The lowest BCUT2D eigenvalue weighted by molar-refractivity contribution is 0.0767. The molecule has 0 bridgehead atoms. The number of rotatable bonds is 8. The number of benzene rings is 1. The molecule has 1 atom stereocenters. The molecular weight excluding hydrogens is 269 g/mol. The number of halogens is 1. The Labute approximate surface area is 125 Å². The largest absolute Gasteiger partial charge is 0.396 e. The lowest BCUT2D eigenvalue weighted by Gasteiger charge is -2.38. The average molecular weight is 293 g/mol. The van der Waals surface area contributed by atoms with Crippen molar-refractivity contribution in [3.05, 3.63) is 35.6 Å². The molecule has 1 aromatic rings. The van der Waals surface area contributed by atoms with Crippen LogP contribution < -0.4 is 0 Å². The fourth-order valence-electron chi connectivity index (χ4n) is 2.81. The maximum Gasteiger partial charge on any atom is 0.169 e. The first-order chi connectivity index (χ1) is 10.1. The number of aliphatic hydroxyl groups is 1. The second kappa shape index (κ2) is 7.66. The highest BCUT2D eigenvalue weighted by Crippen LogP contribution is 2.26. The number of Topliss-reactive ketones (excluding diaryl/α,β-unsaturated/α-hetero) is 1. The van der Waals surface area contributed by atoms with Gasteiger partial charge < -0.3 is 5.11 Å². The van der Waals surface area contributed by atoms with Gasteiger partial charge in [-0.1, -0.05) is 25.5 Å². The maximum absolute atomic E-state index is 13.7. The van der Waals surface area contributed by atoms with Gasteiger partial charge in [-0.25, -0.2) is 4.39 Å². The van der Waals surface area contributed by atoms with Crippen LogP contribution in [-0.2, 0) is 0 Å². The van der Waals surface area contributed by atoms with E-state index in [1.54, 1.807) is 18.2 Å². The van der Waals surface area contributed by atoms with Crippen molar-refractivity contribution >= 4 is 5.78 Å². The number of hydrogen-bond donors (Lipinski definition) is 1. The summed E-state index contributed by atoms with van der Waals surface area (Å²) in [4.78, 5) is 14.7. The highest BCUT2D eigenvalue weighted by atomic mass is 19.1. The maximum atomic E-state index is 13.7. The molecule has 2 rings (SSSR count). The molecular formula is C17H24FNO2. The fraction of sp³-hybridized carbons (Fsp3) is 0.588. The van der Waals surface area contributed by atoms with E-state index in [-0.39, 0.29) is 23.9 Å². The minimum atomic E-state index is -0.445. The van der Waals surface area contributed by atoms with E-state index in [9.17, 15) is 9.18 Å². The lowest BCUT2D eigenvalue weighted by atomic mass is 9.89. The van der Waals surface area contributed by atoms with Crippen molar-refractivity contribution in [2.45, 2.75) is 38.6 Å². The molecule has 0 radical (unpaired) electrons. The summed E-state index contributed by atoms with van der Waals surface area (Å²) in [6.07, 6.45) is 4.27. The number of ketones is 1. The molecule has 4 heteroatoms. The van der Waals surface area contributed by atoms with Crippen LogP contribution >= 0.6 is 0 Å². The molecule has 0 aliphatic heterocycles. The number of hydrogen-bond acceptors (Lipinski definition) is 3. The van der Waals surface area contributed by atoms with Gasteiger partial charge in [0.05, 0.1) is 5.56 Å². The number of carbonyl (C=O) groups excluding carboxylic acids is 1. The van der Waals surface area contributed by atoms with E-state index >= 15 is 0 Å². The van der Waals surface area contributed by atoms with Crippen LogP contribution in [0.1, 0.15) is 43.0 Å². The van der Waals surface area contributed by atoms with Crippen molar-refractivity contribution in [2.75, 3.05) is 19.7 Å². The lowest BCUT2D eigenvalue weighted by Crippen LogP contribution is -2.44. The van der Waals surface area contributed by atoms with E-state index < -0.39 is 5.82 Å². The van der Waals surface area contributed by atoms with Gasteiger partial charge in [-0.05, 0) is 31.4 Å². The van der Waals surface area contributed by atoms with Crippen molar-refractivity contribution in [3.8, 4) is 0 Å². The molecule has 0 aromatic heterocycles. The van der Waals surface area contributed by atoms with Gasteiger partial charge in [-0.2, -0.15) is 0 Å². The molecule has 116 valence electrons. The summed E-state index contributed by atoms with van der Waals surface area (Å²) in [6.45, 7) is 3.46. The summed E-state index contributed by atoms with van der Waals surface area (Å²) in [6, 6.07) is 6.69. The van der Waals surface area contributed by atoms with Gasteiger partial charge in [0, 0.05) is 31.7 Å². The Bertz CT molecular complexity index is 474. The Morgan fingerprint density at radius 2 is 2.14 bits per heavy atom. The molecule has 1 fully saturated rings. The van der Waals surface area contributed by atoms with Crippen LogP contribution in [0.3, 0.4) is 0 Å². The zero-order valence-electron chi connectivity index (χ0n) is 12.6. The van der Waals surface area contributed by atoms with Crippen molar-refractivity contribution in [1.29, 1.82) is 0 Å². The number of nitrogens with zero attached hydrogens (tertiary/aromatic N) is 1. The predicted molar refractivity (Wildman–Crippen MR) is 80.8 cm³/mol. The Hall–Kier alpha value is -1.26. The monoisotopic (exact) mass is 293 g/mol. The van der Waals surface area contributed by atoms with Gasteiger partial charge in [0.25, 0.3) is 0 Å². The summed E-state index contributed by atoms with van der Waals surface area (Å²) in [7, 11) is 0. The van der Waals surface area contributed by atoms with Crippen molar-refractivity contribution in [3.63, 3.8) is 0 Å². The summed E-state index contributed by atoms with van der Waals surface area (Å²) < 4.78 is 13.7. The van der Waals surface area contributed by atoms with Crippen LogP contribution in [0, 0.1) is 11.7 Å². The summed E-state index contributed by atoms with van der Waals surface area (Å²) in [5.74, 6) is -0.817. The van der Waals surface area contributed by atoms with Gasteiger partial charge in [-0.15, -0.1) is 0 Å². The van der Waals surface area contributed by atoms with Crippen LogP contribution in [-0.4, -0.2) is 41.5 Å². The van der Waals surface area contributed by atoms with Crippen LogP contribution in [0.25, 0.3) is 0 Å². The summed E-state index contributed by atoms with van der Waals surface area (Å²) >= 11 is 0. The molecule has 1 N–H and O–H groups in total. The molecule has 1 saturated carbocycles. The van der Waals surface area contributed by atoms with E-state index in [0.29, 0.717) is 12.6 Å². The molecule has 1 unspecified atom stereocenters. The van der Waals surface area contributed by atoms with Gasteiger partial charge in [0.15, 0.2) is 5.78 Å². The normalized spacial score (nSPS) is 16.8. The summed E-state index contributed by atoms with van der Waals surface area (Å²) in [5.41, 5.74) is 0.181. The second-order valence-corrected chi connectivity index (χ2v) is 5.90. The summed E-state index contributed by atoms with van der Waals surface area (Å²) in [5, 5.41) is 9.00. The molecule has 21 heavy (non-hydrogen) atoms. The van der Waals surface area contributed by atoms with Crippen LogP contribution in [0.4, 0.5) is 4.39 Å². The minimum Gasteiger partial charge on any atom is -0.396 e. The SMILES string of the molecule is CC(CN(CCCO)C1CCC1)C(=O)c1ccccc1F. The van der Waals surface area contributed by atoms with Crippen molar-refractivity contribution in [2.24, 2.45) is 5.92 Å². The molecule has 0 heterocycles. The first-order valence-corrected chi connectivity index (χ1v) is 7.77. The Morgan fingerprint density at radius 1 is 1.43 bits per heavy atom. The predicted octanol–water partition coefficient (Wildman–Crippen LogP) is 2.88. The minimum absolute atomic E-state index is 0.138. The van der Waals surface area contributed by atoms with E-state index in [0.717, 1.165) is 25.8 Å². The Kier molecular flexibility index (Phi) is 5.88. The zero-order valence-corrected chi connectivity index (χ0v) is 12.6. The second-order valence-electron chi connectivity index (χ2n) is 5.90. The Morgan fingerprint density at radius 3 is 2.71 bits per heavy atom. The third-order valence-corrected chi connectivity index (χ3v) is 4.29. The van der Waals surface area contributed by atoms with Crippen LogP contribution in [0.5, 0.6) is 0 Å². The molecule has 1 aliphatic rings. The molecule has 0 amide bonds. The number of carbonyl (C=O) groups is 1. The van der Waals surface area contributed by atoms with E-state index in [1.807, 2.05) is 6.92 Å². The third-order valence-electron chi connectivity index (χ3n) is 4.29. The average Bonchev–Trinajstić information content (AvgIpc) is 2.42. The molecule has 1 aliphatic carbocycles. The first kappa shape index (κ1) is 16.1. The van der Waals surface area contributed by atoms with Crippen LogP contribution in [0.15, 0.2) is 24.3 Å². The first-order valence-electron chi connectivity index (χ1n) is 7.77. The van der Waals surface area contributed by atoms with Gasteiger partial charge >= 0.3 is 0 Å². The van der Waals surface area contributed by atoms with E-state index in [2.05, 4.69) is 4.90 Å². The standard InChI is InChI=1S/C17H24FNO2/c1-13(17(21)15-8-2-3-9-16(15)18)12-19(10-5-11-20)14-6-4-7-14/h2-3,8-9,13-14,20H,4-7,10-12H2,1H3. The van der Waals surface area contributed by atoms with E-state index in [1.165, 1.54) is 12.5 Å². The molecule has 0 spiro atoms. The van der Waals surface area contributed by atoms with Crippen LogP contribution in [0.2, 0.25) is 0 Å². The smallest absolute Gasteiger partial charge is 0.169 e.